The molecular formula is C13H15NO3S2. The zero-order chi connectivity index (χ0) is 13.6. The first-order valence-electron chi connectivity index (χ1n) is 6.30. The lowest BCUT2D eigenvalue weighted by atomic mass is 10.1. The first-order chi connectivity index (χ1) is 9.02. The molecule has 0 aliphatic carbocycles. The Balaban J connectivity index is 2.09. The number of hydrogen-bond donors (Lipinski definition) is 0. The highest BCUT2D eigenvalue weighted by molar-refractivity contribution is 8.02. The molecule has 19 heavy (non-hydrogen) atoms. The van der Waals surface area contributed by atoms with Gasteiger partial charge in [-0.05, 0) is 12.1 Å². The zero-order valence-electron chi connectivity index (χ0n) is 10.6. The Hall–Kier alpha value is -1.01. The molecule has 1 fully saturated rings. The highest BCUT2D eigenvalue weighted by Crippen LogP contribution is 2.45. The van der Waals surface area contributed by atoms with Crippen molar-refractivity contribution in [3.8, 4) is 0 Å². The standard InChI is InChI=1S/C13H15NO3S2/c1-2-13(15)14-9-5-3-4-6-11(9)18-12-8-19(16,17)7-10(12)14/h3-6,10,12H,2,7-8H2,1H3/t10-,12-/m0/s1. The number of sulfone groups is 1. The monoisotopic (exact) mass is 297 g/mol. The molecule has 1 amide bonds. The molecule has 0 radical (unpaired) electrons. The summed E-state index contributed by atoms with van der Waals surface area (Å²) in [6, 6.07) is 7.45. The maximum absolute atomic E-state index is 12.2. The number of para-hydroxylation sites is 1. The Morgan fingerprint density at radius 1 is 1.37 bits per heavy atom. The number of fused-ring (bicyclic) bond motifs is 2. The van der Waals surface area contributed by atoms with Gasteiger partial charge in [0.25, 0.3) is 0 Å². The molecule has 2 heterocycles. The van der Waals surface area contributed by atoms with E-state index in [0.717, 1.165) is 10.6 Å². The van der Waals surface area contributed by atoms with E-state index in [9.17, 15) is 13.2 Å². The molecule has 0 aromatic heterocycles. The fourth-order valence-electron chi connectivity index (χ4n) is 2.74. The van der Waals surface area contributed by atoms with E-state index >= 15 is 0 Å². The Bertz CT molecular complexity index is 627. The second kappa shape index (κ2) is 4.52. The van der Waals surface area contributed by atoms with E-state index in [1.807, 2.05) is 31.2 Å². The van der Waals surface area contributed by atoms with Crippen molar-refractivity contribution in [2.75, 3.05) is 16.4 Å². The summed E-state index contributed by atoms with van der Waals surface area (Å²) in [6.07, 6.45) is 0.391. The smallest absolute Gasteiger partial charge is 0.227 e. The van der Waals surface area contributed by atoms with Crippen LogP contribution in [0.1, 0.15) is 13.3 Å². The van der Waals surface area contributed by atoms with Gasteiger partial charge in [-0.15, -0.1) is 11.8 Å². The van der Waals surface area contributed by atoms with Crippen LogP contribution in [-0.2, 0) is 14.6 Å². The predicted octanol–water partition coefficient (Wildman–Crippen LogP) is 1.70. The van der Waals surface area contributed by atoms with Crippen LogP contribution in [0.25, 0.3) is 0 Å². The molecule has 102 valence electrons. The lowest BCUT2D eigenvalue weighted by Crippen LogP contribution is -2.48. The number of carbonyl (C=O) groups excluding carboxylic acids is 1. The van der Waals surface area contributed by atoms with Gasteiger partial charge in [-0.1, -0.05) is 19.1 Å². The Labute approximate surface area is 117 Å². The quantitative estimate of drug-likeness (QED) is 0.792. The van der Waals surface area contributed by atoms with Crippen molar-refractivity contribution in [1.29, 1.82) is 0 Å². The number of amides is 1. The molecule has 0 N–H and O–H groups in total. The van der Waals surface area contributed by atoms with Gasteiger partial charge < -0.3 is 4.90 Å². The van der Waals surface area contributed by atoms with Gasteiger partial charge in [0, 0.05) is 16.6 Å². The highest BCUT2D eigenvalue weighted by Gasteiger charge is 2.46. The van der Waals surface area contributed by atoms with Crippen molar-refractivity contribution in [2.24, 2.45) is 0 Å². The van der Waals surface area contributed by atoms with Crippen molar-refractivity contribution in [3.63, 3.8) is 0 Å². The fraction of sp³-hybridized carbons (Fsp3) is 0.462. The van der Waals surface area contributed by atoms with Gasteiger partial charge in [0.2, 0.25) is 5.91 Å². The van der Waals surface area contributed by atoms with Crippen LogP contribution in [0.5, 0.6) is 0 Å². The summed E-state index contributed by atoms with van der Waals surface area (Å²) in [7, 11) is -3.04. The molecule has 3 rings (SSSR count). The molecule has 4 nitrogen and oxygen atoms in total. The first kappa shape index (κ1) is 13.0. The van der Waals surface area contributed by atoms with E-state index in [1.165, 1.54) is 0 Å². The van der Waals surface area contributed by atoms with E-state index < -0.39 is 9.84 Å². The van der Waals surface area contributed by atoms with Crippen LogP contribution in [-0.4, -0.2) is 37.1 Å². The van der Waals surface area contributed by atoms with Crippen molar-refractivity contribution in [3.05, 3.63) is 24.3 Å². The minimum absolute atomic E-state index is 0.000139. The molecule has 1 saturated heterocycles. The van der Waals surface area contributed by atoms with Gasteiger partial charge in [-0.2, -0.15) is 0 Å². The van der Waals surface area contributed by atoms with Gasteiger partial charge >= 0.3 is 0 Å². The number of carbonyl (C=O) groups is 1. The van der Waals surface area contributed by atoms with E-state index in [2.05, 4.69) is 0 Å². The van der Waals surface area contributed by atoms with Crippen LogP contribution >= 0.6 is 11.8 Å². The third-order valence-electron chi connectivity index (χ3n) is 3.58. The summed E-state index contributed by atoms with van der Waals surface area (Å²) in [6.45, 7) is 1.81. The molecule has 1 aromatic carbocycles. The van der Waals surface area contributed by atoms with Gasteiger partial charge in [-0.25, -0.2) is 8.42 Å². The molecule has 0 bridgehead atoms. The van der Waals surface area contributed by atoms with Crippen LogP contribution in [0.15, 0.2) is 29.2 Å². The largest absolute Gasteiger partial charge is 0.306 e. The first-order valence-corrected chi connectivity index (χ1v) is 9.00. The van der Waals surface area contributed by atoms with Gasteiger partial charge in [0.1, 0.15) is 0 Å². The fourth-order valence-corrected chi connectivity index (χ4v) is 6.66. The molecule has 2 aliphatic heterocycles. The SMILES string of the molecule is CCC(=O)N1c2ccccc2S[C@H]2CS(=O)(=O)C[C@@H]21. The van der Waals surface area contributed by atoms with Gasteiger partial charge in [0.05, 0.1) is 23.2 Å². The van der Waals surface area contributed by atoms with E-state index in [0.29, 0.717) is 6.42 Å². The maximum Gasteiger partial charge on any atom is 0.227 e. The number of hydrogen-bond acceptors (Lipinski definition) is 4. The summed E-state index contributed by atoms with van der Waals surface area (Å²) in [5.74, 6) is 0.259. The molecule has 0 unspecified atom stereocenters. The summed E-state index contributed by atoms with van der Waals surface area (Å²) in [5.41, 5.74) is 0.859. The van der Waals surface area contributed by atoms with Crippen molar-refractivity contribution in [2.45, 2.75) is 29.5 Å². The third-order valence-corrected chi connectivity index (χ3v) is 6.89. The van der Waals surface area contributed by atoms with Gasteiger partial charge in [-0.3, -0.25) is 4.79 Å². The number of anilines is 1. The summed E-state index contributed by atoms with van der Waals surface area (Å²) in [4.78, 5) is 14.9. The van der Waals surface area contributed by atoms with Crippen LogP contribution in [0.4, 0.5) is 5.69 Å². The van der Waals surface area contributed by atoms with Crippen LogP contribution in [0.3, 0.4) is 0 Å². The van der Waals surface area contributed by atoms with Crippen molar-refractivity contribution < 1.29 is 13.2 Å². The molecular weight excluding hydrogens is 282 g/mol. The van der Waals surface area contributed by atoms with Crippen LogP contribution < -0.4 is 4.90 Å². The molecule has 1 aromatic rings. The Morgan fingerprint density at radius 3 is 2.84 bits per heavy atom. The average molecular weight is 297 g/mol. The number of nitrogens with zero attached hydrogens (tertiary/aromatic N) is 1. The lowest BCUT2D eigenvalue weighted by molar-refractivity contribution is -0.118. The van der Waals surface area contributed by atoms with Crippen LogP contribution in [0, 0.1) is 0 Å². The van der Waals surface area contributed by atoms with E-state index in [4.69, 9.17) is 0 Å². The normalized spacial score (nSPS) is 27.7. The molecule has 2 atom stereocenters. The number of rotatable bonds is 1. The molecule has 2 aliphatic rings. The minimum Gasteiger partial charge on any atom is -0.306 e. The van der Waals surface area contributed by atoms with Crippen molar-refractivity contribution in [1.82, 2.24) is 0 Å². The molecule has 0 saturated carbocycles. The van der Waals surface area contributed by atoms with E-state index in [-0.39, 0.29) is 28.7 Å². The summed E-state index contributed by atoms with van der Waals surface area (Å²) < 4.78 is 23.7. The maximum atomic E-state index is 12.2. The molecule has 0 spiro atoms. The minimum atomic E-state index is -3.04. The topological polar surface area (TPSA) is 54.5 Å². The number of benzene rings is 1. The Kier molecular flexibility index (Phi) is 3.09. The van der Waals surface area contributed by atoms with Crippen LogP contribution in [0.2, 0.25) is 0 Å². The van der Waals surface area contributed by atoms with E-state index in [1.54, 1.807) is 16.7 Å². The summed E-state index contributed by atoms with van der Waals surface area (Å²) in [5, 5.41) is -0.0320. The predicted molar refractivity (Wildman–Crippen MR) is 76.3 cm³/mol. The highest BCUT2D eigenvalue weighted by atomic mass is 32.2. The third kappa shape index (κ3) is 2.17. The van der Waals surface area contributed by atoms with Crippen molar-refractivity contribution >= 4 is 33.2 Å². The van der Waals surface area contributed by atoms with Gasteiger partial charge in [0.15, 0.2) is 9.84 Å². The average Bonchev–Trinajstić information content (AvgIpc) is 2.68. The lowest BCUT2D eigenvalue weighted by Gasteiger charge is -2.37. The Morgan fingerprint density at radius 2 is 2.11 bits per heavy atom. The second-order valence-electron chi connectivity index (χ2n) is 4.89. The number of thioether (sulfide) groups is 1. The zero-order valence-corrected chi connectivity index (χ0v) is 12.2. The second-order valence-corrected chi connectivity index (χ2v) is 8.32. The molecule has 6 heteroatoms. The summed E-state index contributed by atoms with van der Waals surface area (Å²) >= 11 is 1.59.